The Bertz CT molecular complexity index is 1450. The van der Waals surface area contributed by atoms with Crippen molar-refractivity contribution in [3.63, 3.8) is 0 Å². The van der Waals surface area contributed by atoms with Gasteiger partial charge in [0.25, 0.3) is 5.56 Å². The third-order valence-electron chi connectivity index (χ3n) is 5.23. The second kappa shape index (κ2) is 9.40. The molecule has 2 aromatic heterocycles. The molecule has 0 amide bonds. The summed E-state index contributed by atoms with van der Waals surface area (Å²) in [5, 5.41) is 2.00. The molecule has 33 heavy (non-hydrogen) atoms. The molecule has 0 radical (unpaired) electrons. The van der Waals surface area contributed by atoms with Crippen molar-refractivity contribution in [3.05, 3.63) is 81.1 Å². The van der Waals surface area contributed by atoms with Crippen molar-refractivity contribution in [2.75, 3.05) is 7.11 Å². The molecule has 9 heteroatoms. The van der Waals surface area contributed by atoms with Crippen molar-refractivity contribution in [1.29, 1.82) is 0 Å². The SMILES string of the molecule is COc1ccc(Br)cc1[C@H]1C(C(=O)OC(C)C)=C(C)N=c2s/c(=C\c3sccc3C)c(=O)n21. The van der Waals surface area contributed by atoms with Gasteiger partial charge in [0.15, 0.2) is 4.80 Å². The van der Waals surface area contributed by atoms with Gasteiger partial charge in [0.2, 0.25) is 0 Å². The number of methoxy groups -OCH3 is 1. The number of ether oxygens (including phenoxy) is 2. The largest absolute Gasteiger partial charge is 0.496 e. The van der Waals surface area contributed by atoms with E-state index < -0.39 is 12.0 Å². The summed E-state index contributed by atoms with van der Waals surface area (Å²) in [6, 6.07) is 6.82. The number of benzene rings is 1. The molecule has 1 aliphatic rings. The van der Waals surface area contributed by atoms with E-state index in [0.717, 1.165) is 14.9 Å². The molecular formula is C24H23BrN2O4S2. The highest BCUT2D eigenvalue weighted by Gasteiger charge is 2.35. The van der Waals surface area contributed by atoms with Crippen molar-refractivity contribution in [2.45, 2.75) is 39.8 Å². The minimum Gasteiger partial charge on any atom is -0.496 e. The number of halogens is 1. The molecule has 1 aromatic carbocycles. The smallest absolute Gasteiger partial charge is 0.338 e. The first kappa shape index (κ1) is 23.7. The van der Waals surface area contributed by atoms with Gasteiger partial charge >= 0.3 is 5.97 Å². The van der Waals surface area contributed by atoms with E-state index in [0.29, 0.717) is 31.9 Å². The van der Waals surface area contributed by atoms with E-state index in [9.17, 15) is 9.59 Å². The second-order valence-electron chi connectivity index (χ2n) is 7.89. The standard InChI is InChI=1S/C24H23BrN2O4S2/c1-12(2)31-23(29)20-14(4)26-24-27(21(20)16-10-15(25)6-7-17(16)30-5)22(28)19(33-24)11-18-13(3)8-9-32-18/h6-12,21H,1-5H3/b19-11-/t21-/m0/s1. The Morgan fingerprint density at radius 2 is 2.03 bits per heavy atom. The van der Waals surface area contributed by atoms with Crippen LogP contribution in [0, 0.1) is 6.92 Å². The highest BCUT2D eigenvalue weighted by molar-refractivity contribution is 9.10. The van der Waals surface area contributed by atoms with Crippen LogP contribution in [0.5, 0.6) is 5.75 Å². The molecule has 3 aromatic rings. The Labute approximate surface area is 207 Å². The third kappa shape index (κ3) is 4.49. The number of fused-ring (bicyclic) bond motifs is 1. The molecule has 0 unspecified atom stereocenters. The average molecular weight is 547 g/mol. The fourth-order valence-electron chi connectivity index (χ4n) is 3.72. The van der Waals surface area contributed by atoms with Gasteiger partial charge in [0, 0.05) is 14.9 Å². The predicted molar refractivity (Wildman–Crippen MR) is 135 cm³/mol. The summed E-state index contributed by atoms with van der Waals surface area (Å²) in [4.78, 5) is 33.1. The molecule has 0 fully saturated rings. The molecule has 1 atom stereocenters. The van der Waals surface area contributed by atoms with E-state index in [4.69, 9.17) is 9.47 Å². The molecule has 0 spiro atoms. The van der Waals surface area contributed by atoms with Gasteiger partial charge in [-0.2, -0.15) is 0 Å². The Kier molecular flexibility index (Phi) is 6.74. The molecule has 3 heterocycles. The number of aryl methyl sites for hydroxylation is 1. The summed E-state index contributed by atoms with van der Waals surface area (Å²) in [6.45, 7) is 7.37. The predicted octanol–water partition coefficient (Wildman–Crippen LogP) is 4.33. The van der Waals surface area contributed by atoms with Crippen molar-refractivity contribution in [3.8, 4) is 5.75 Å². The van der Waals surface area contributed by atoms with E-state index in [1.807, 2.05) is 42.6 Å². The van der Waals surface area contributed by atoms with Crippen LogP contribution in [0.25, 0.3) is 6.08 Å². The monoisotopic (exact) mass is 546 g/mol. The zero-order valence-corrected chi connectivity index (χ0v) is 22.1. The van der Waals surface area contributed by atoms with Crippen LogP contribution in [-0.2, 0) is 9.53 Å². The number of rotatable bonds is 5. The van der Waals surface area contributed by atoms with Crippen molar-refractivity contribution < 1.29 is 14.3 Å². The van der Waals surface area contributed by atoms with E-state index >= 15 is 0 Å². The lowest BCUT2D eigenvalue weighted by molar-refractivity contribution is -0.143. The maximum Gasteiger partial charge on any atom is 0.338 e. The van der Waals surface area contributed by atoms with Gasteiger partial charge < -0.3 is 9.47 Å². The van der Waals surface area contributed by atoms with Gasteiger partial charge in [-0.25, -0.2) is 9.79 Å². The maximum absolute atomic E-state index is 13.7. The van der Waals surface area contributed by atoms with Crippen molar-refractivity contribution >= 4 is 50.6 Å². The third-order valence-corrected chi connectivity index (χ3v) is 7.68. The lowest BCUT2D eigenvalue weighted by Gasteiger charge is -2.26. The Hall–Kier alpha value is -2.49. The lowest BCUT2D eigenvalue weighted by atomic mass is 9.95. The zero-order chi connectivity index (χ0) is 23.9. The molecule has 172 valence electrons. The number of aromatic nitrogens is 1. The molecule has 6 nitrogen and oxygen atoms in total. The quantitative estimate of drug-likeness (QED) is 0.446. The number of hydrogen-bond donors (Lipinski definition) is 0. The zero-order valence-electron chi connectivity index (χ0n) is 18.8. The van der Waals surface area contributed by atoms with Gasteiger partial charge in [0.1, 0.15) is 11.8 Å². The van der Waals surface area contributed by atoms with Crippen LogP contribution in [-0.4, -0.2) is 23.8 Å². The highest BCUT2D eigenvalue weighted by atomic mass is 79.9. The lowest BCUT2D eigenvalue weighted by Crippen LogP contribution is -2.40. The van der Waals surface area contributed by atoms with Crippen molar-refractivity contribution in [2.24, 2.45) is 4.99 Å². The fourth-order valence-corrected chi connectivity index (χ4v) is 6.07. The Morgan fingerprint density at radius 1 is 1.27 bits per heavy atom. The molecule has 0 aliphatic carbocycles. The van der Waals surface area contributed by atoms with E-state index in [-0.39, 0.29) is 11.7 Å². The number of thiazole rings is 1. The average Bonchev–Trinajstić information content (AvgIpc) is 3.29. The number of carbonyl (C=O) groups excluding carboxylic acids is 1. The normalized spacial score (nSPS) is 16.1. The van der Waals surface area contributed by atoms with Crippen LogP contribution >= 0.6 is 38.6 Å². The topological polar surface area (TPSA) is 69.9 Å². The van der Waals surface area contributed by atoms with E-state index in [2.05, 4.69) is 20.9 Å². The fraction of sp³-hybridized carbons (Fsp3) is 0.292. The van der Waals surface area contributed by atoms with Gasteiger partial charge in [-0.3, -0.25) is 9.36 Å². The number of carbonyl (C=O) groups is 1. The van der Waals surface area contributed by atoms with Gasteiger partial charge in [-0.1, -0.05) is 27.3 Å². The summed E-state index contributed by atoms with van der Waals surface area (Å²) >= 11 is 6.41. The van der Waals surface area contributed by atoms with Gasteiger partial charge in [-0.15, -0.1) is 11.3 Å². The molecular weight excluding hydrogens is 524 g/mol. The molecule has 0 N–H and O–H groups in total. The molecule has 1 aliphatic heterocycles. The van der Waals surface area contributed by atoms with E-state index in [1.54, 1.807) is 43.8 Å². The molecule has 0 saturated carbocycles. The summed E-state index contributed by atoms with van der Waals surface area (Å²) < 4.78 is 14.1. The minimum absolute atomic E-state index is 0.207. The Balaban J connectivity index is 2.02. The molecule has 0 bridgehead atoms. The first-order valence-electron chi connectivity index (χ1n) is 10.3. The van der Waals surface area contributed by atoms with Crippen LogP contribution in [0.3, 0.4) is 0 Å². The summed E-state index contributed by atoms with van der Waals surface area (Å²) in [6.07, 6.45) is 1.58. The number of hydrogen-bond acceptors (Lipinski definition) is 7. The second-order valence-corrected chi connectivity index (χ2v) is 10.8. The number of esters is 1. The highest BCUT2D eigenvalue weighted by Crippen LogP contribution is 2.37. The summed E-state index contributed by atoms with van der Waals surface area (Å²) in [7, 11) is 1.57. The van der Waals surface area contributed by atoms with Gasteiger partial charge in [0.05, 0.1) is 29.0 Å². The Morgan fingerprint density at radius 3 is 2.67 bits per heavy atom. The summed E-state index contributed by atoms with van der Waals surface area (Å²) in [5.74, 6) is 0.0677. The minimum atomic E-state index is -0.730. The van der Waals surface area contributed by atoms with Crippen LogP contribution in [0.1, 0.15) is 42.8 Å². The molecule has 0 saturated heterocycles. The number of nitrogens with zero attached hydrogens (tertiary/aromatic N) is 2. The summed E-state index contributed by atoms with van der Waals surface area (Å²) in [5.41, 5.74) is 2.42. The number of thiophene rings is 1. The van der Waals surface area contributed by atoms with Gasteiger partial charge in [-0.05, 0) is 69.0 Å². The van der Waals surface area contributed by atoms with E-state index in [1.165, 1.54) is 11.3 Å². The first-order valence-corrected chi connectivity index (χ1v) is 12.8. The first-order chi connectivity index (χ1) is 15.7. The molecule has 4 rings (SSSR count). The maximum atomic E-state index is 13.7. The van der Waals surface area contributed by atoms with Crippen LogP contribution in [0.15, 0.2) is 55.2 Å². The van der Waals surface area contributed by atoms with Crippen LogP contribution < -0.4 is 19.6 Å². The van der Waals surface area contributed by atoms with Crippen molar-refractivity contribution in [1.82, 2.24) is 4.57 Å². The number of allylic oxidation sites excluding steroid dienone is 1. The van der Waals surface area contributed by atoms with Crippen LogP contribution in [0.2, 0.25) is 0 Å². The van der Waals surface area contributed by atoms with Crippen LogP contribution in [0.4, 0.5) is 0 Å².